The predicted octanol–water partition coefficient (Wildman–Crippen LogP) is 4.62. The molecule has 6 heteroatoms. The van der Waals surface area contributed by atoms with E-state index in [0.717, 1.165) is 0 Å². The van der Waals surface area contributed by atoms with Crippen molar-refractivity contribution in [3.8, 4) is 11.5 Å². The molecule has 0 saturated carbocycles. The second-order valence-electron chi connectivity index (χ2n) is 7.39. The molecule has 0 spiro atoms. The second kappa shape index (κ2) is 9.39. The number of aryl methyl sites for hydroxylation is 2. The largest absolute Gasteiger partial charge is 0.426 e. The summed E-state index contributed by atoms with van der Waals surface area (Å²) in [6.45, 7) is 6.12. The predicted molar refractivity (Wildman–Crippen MR) is 118 cm³/mol. The quantitative estimate of drug-likeness (QED) is 0.322. The van der Waals surface area contributed by atoms with E-state index >= 15 is 0 Å². The van der Waals surface area contributed by atoms with Crippen LogP contribution in [0.5, 0.6) is 11.5 Å². The molecule has 0 heterocycles. The third-order valence-corrected chi connectivity index (χ3v) is 4.77. The first kappa shape index (κ1) is 22.6. The molecule has 0 aliphatic carbocycles. The van der Waals surface area contributed by atoms with E-state index in [4.69, 9.17) is 9.47 Å². The summed E-state index contributed by atoms with van der Waals surface area (Å²) >= 11 is 0. The van der Waals surface area contributed by atoms with Gasteiger partial charge < -0.3 is 9.47 Å². The first-order valence-electron chi connectivity index (χ1n) is 9.93. The molecule has 0 N–H and O–H groups in total. The van der Waals surface area contributed by atoms with Crippen molar-refractivity contribution in [2.75, 3.05) is 0 Å². The molecule has 0 fully saturated rings. The van der Waals surface area contributed by atoms with Gasteiger partial charge in [-0.1, -0.05) is 18.2 Å². The SMILES string of the molecule is CC(=O)Oc1ccc(C(=O)c2cccc(C(=O)c3ccc(OC(C)=O)c(C)c3)c2)cc1C. The molecule has 6 nitrogen and oxygen atoms in total. The molecule has 0 atom stereocenters. The van der Waals surface area contributed by atoms with Gasteiger partial charge >= 0.3 is 11.9 Å². The van der Waals surface area contributed by atoms with Crippen LogP contribution in [0.1, 0.15) is 56.8 Å². The molecule has 0 aliphatic heterocycles. The van der Waals surface area contributed by atoms with Gasteiger partial charge in [-0.25, -0.2) is 0 Å². The summed E-state index contributed by atoms with van der Waals surface area (Å²) in [5.74, 6) is -0.586. The van der Waals surface area contributed by atoms with Gasteiger partial charge in [0, 0.05) is 36.1 Å². The Hall–Kier alpha value is -4.06. The number of carbonyl (C=O) groups is 4. The van der Waals surface area contributed by atoms with Crippen LogP contribution in [0.3, 0.4) is 0 Å². The molecule has 0 amide bonds. The lowest BCUT2D eigenvalue weighted by Crippen LogP contribution is -2.08. The van der Waals surface area contributed by atoms with Gasteiger partial charge in [0.25, 0.3) is 0 Å². The maximum absolute atomic E-state index is 13.0. The van der Waals surface area contributed by atoms with Crippen LogP contribution in [-0.2, 0) is 9.59 Å². The second-order valence-corrected chi connectivity index (χ2v) is 7.39. The first-order valence-corrected chi connectivity index (χ1v) is 9.93. The monoisotopic (exact) mass is 430 g/mol. The molecule has 0 aliphatic rings. The highest BCUT2D eigenvalue weighted by Gasteiger charge is 2.16. The lowest BCUT2D eigenvalue weighted by molar-refractivity contribution is -0.132. The Morgan fingerprint density at radius 1 is 0.562 bits per heavy atom. The van der Waals surface area contributed by atoms with E-state index in [1.165, 1.54) is 13.8 Å². The van der Waals surface area contributed by atoms with Gasteiger partial charge in [0.2, 0.25) is 0 Å². The van der Waals surface area contributed by atoms with Crippen LogP contribution in [-0.4, -0.2) is 23.5 Å². The van der Waals surface area contributed by atoms with Crippen molar-refractivity contribution in [2.45, 2.75) is 27.7 Å². The van der Waals surface area contributed by atoms with Gasteiger partial charge in [0.15, 0.2) is 11.6 Å². The maximum atomic E-state index is 13.0. The Morgan fingerprint density at radius 3 is 1.28 bits per heavy atom. The Balaban J connectivity index is 1.86. The summed E-state index contributed by atoms with van der Waals surface area (Å²) in [6, 6.07) is 16.1. The van der Waals surface area contributed by atoms with Crippen LogP contribution in [0.15, 0.2) is 60.7 Å². The molecule has 0 radical (unpaired) electrons. The number of hydrogen-bond donors (Lipinski definition) is 0. The van der Waals surface area contributed by atoms with Crippen LogP contribution in [0.4, 0.5) is 0 Å². The maximum Gasteiger partial charge on any atom is 0.308 e. The summed E-state index contributed by atoms with van der Waals surface area (Å²) < 4.78 is 10.2. The van der Waals surface area contributed by atoms with Crippen molar-refractivity contribution in [3.63, 3.8) is 0 Å². The molecule has 3 rings (SSSR count). The molecular formula is C26H22O6. The van der Waals surface area contributed by atoms with E-state index in [1.54, 1.807) is 74.5 Å². The molecule has 32 heavy (non-hydrogen) atoms. The smallest absolute Gasteiger partial charge is 0.308 e. The number of carbonyl (C=O) groups excluding carboxylic acids is 4. The number of hydrogen-bond acceptors (Lipinski definition) is 6. The molecule has 0 saturated heterocycles. The summed E-state index contributed by atoms with van der Waals surface area (Å²) in [4.78, 5) is 48.3. The van der Waals surface area contributed by atoms with E-state index < -0.39 is 11.9 Å². The number of ether oxygens (including phenoxy) is 2. The molecule has 0 aromatic heterocycles. The van der Waals surface area contributed by atoms with Crippen LogP contribution in [0.2, 0.25) is 0 Å². The minimum Gasteiger partial charge on any atom is -0.426 e. The molecular weight excluding hydrogens is 408 g/mol. The minimum absolute atomic E-state index is 0.251. The van der Waals surface area contributed by atoms with Gasteiger partial charge in [0.1, 0.15) is 11.5 Å². The summed E-state index contributed by atoms with van der Waals surface area (Å²) in [5, 5.41) is 0. The topological polar surface area (TPSA) is 86.7 Å². The average molecular weight is 430 g/mol. The van der Waals surface area contributed by atoms with Crippen LogP contribution in [0.25, 0.3) is 0 Å². The van der Waals surface area contributed by atoms with Gasteiger partial charge in [-0.2, -0.15) is 0 Å². The molecule has 0 bridgehead atoms. The van der Waals surface area contributed by atoms with Crippen molar-refractivity contribution in [2.24, 2.45) is 0 Å². The number of benzene rings is 3. The van der Waals surface area contributed by atoms with Gasteiger partial charge in [-0.05, 0) is 67.4 Å². The first-order chi connectivity index (χ1) is 15.2. The van der Waals surface area contributed by atoms with Crippen LogP contribution in [0, 0.1) is 13.8 Å². The van der Waals surface area contributed by atoms with Crippen molar-refractivity contribution < 1.29 is 28.7 Å². The standard InChI is InChI=1S/C26H22O6/c1-15-12-21(8-10-23(15)31-17(3)27)25(29)19-6-5-7-20(14-19)26(30)22-9-11-24(16(2)13-22)32-18(4)28/h5-14H,1-4H3. The minimum atomic E-state index is -0.436. The average Bonchev–Trinajstić information content (AvgIpc) is 2.75. The highest BCUT2D eigenvalue weighted by Crippen LogP contribution is 2.24. The van der Waals surface area contributed by atoms with E-state index in [1.807, 2.05) is 0 Å². The molecule has 0 unspecified atom stereocenters. The van der Waals surface area contributed by atoms with Gasteiger partial charge in [0.05, 0.1) is 0 Å². The highest BCUT2D eigenvalue weighted by molar-refractivity contribution is 6.13. The van der Waals surface area contributed by atoms with E-state index in [2.05, 4.69) is 0 Å². The normalized spacial score (nSPS) is 10.4. The summed E-state index contributed by atoms with van der Waals surface area (Å²) in [5.41, 5.74) is 2.88. The summed E-state index contributed by atoms with van der Waals surface area (Å²) in [7, 11) is 0. The fourth-order valence-corrected chi connectivity index (χ4v) is 3.26. The third kappa shape index (κ3) is 5.16. The van der Waals surface area contributed by atoms with Crippen molar-refractivity contribution in [1.82, 2.24) is 0 Å². The lowest BCUT2D eigenvalue weighted by Gasteiger charge is -2.09. The number of rotatable bonds is 6. The molecule has 162 valence electrons. The van der Waals surface area contributed by atoms with Crippen molar-refractivity contribution in [3.05, 3.63) is 94.0 Å². The van der Waals surface area contributed by atoms with E-state index in [0.29, 0.717) is 44.9 Å². The Morgan fingerprint density at radius 2 is 0.938 bits per heavy atom. The van der Waals surface area contributed by atoms with E-state index in [-0.39, 0.29) is 11.6 Å². The summed E-state index contributed by atoms with van der Waals surface area (Å²) in [6.07, 6.45) is 0. The van der Waals surface area contributed by atoms with Crippen LogP contribution >= 0.6 is 0 Å². The third-order valence-electron chi connectivity index (χ3n) is 4.77. The fourth-order valence-electron chi connectivity index (χ4n) is 3.26. The zero-order chi connectivity index (χ0) is 23.4. The lowest BCUT2D eigenvalue weighted by atomic mass is 9.96. The molecule has 3 aromatic carbocycles. The van der Waals surface area contributed by atoms with Crippen LogP contribution < -0.4 is 9.47 Å². The van der Waals surface area contributed by atoms with Crippen molar-refractivity contribution in [1.29, 1.82) is 0 Å². The molecule has 3 aromatic rings. The number of esters is 2. The van der Waals surface area contributed by atoms with Crippen molar-refractivity contribution >= 4 is 23.5 Å². The van der Waals surface area contributed by atoms with Gasteiger partial charge in [-0.15, -0.1) is 0 Å². The van der Waals surface area contributed by atoms with Gasteiger partial charge in [-0.3, -0.25) is 19.2 Å². The Bertz CT molecular complexity index is 1150. The number of ketones is 2. The highest BCUT2D eigenvalue weighted by atomic mass is 16.5. The zero-order valence-corrected chi connectivity index (χ0v) is 18.2. The fraction of sp³-hybridized carbons (Fsp3) is 0.154. The Kier molecular flexibility index (Phi) is 6.64. The van der Waals surface area contributed by atoms with E-state index in [9.17, 15) is 19.2 Å². The Labute approximate surface area is 185 Å². The zero-order valence-electron chi connectivity index (χ0n) is 18.2.